The van der Waals surface area contributed by atoms with E-state index in [-0.39, 0.29) is 0 Å². The third-order valence-corrected chi connectivity index (χ3v) is 12.3. The van der Waals surface area contributed by atoms with Crippen LogP contribution >= 0.6 is 11.3 Å². The molecule has 266 valence electrons. The van der Waals surface area contributed by atoms with Gasteiger partial charge in [0.15, 0.2) is 17.5 Å². The van der Waals surface area contributed by atoms with Crippen molar-refractivity contribution in [3.05, 3.63) is 182 Å². The van der Waals surface area contributed by atoms with E-state index in [0.717, 1.165) is 55.4 Å². The van der Waals surface area contributed by atoms with Gasteiger partial charge in [-0.05, 0) is 59.7 Å². The molecule has 5 nitrogen and oxygen atoms in total. The Bertz CT molecular complexity index is 3460. The van der Waals surface area contributed by atoms with Crippen molar-refractivity contribution >= 4 is 75.3 Å². The minimum atomic E-state index is 0.566. The normalized spacial score (nSPS) is 11.9. The fraction of sp³-hybridized carbons (Fsp3) is 0. The number of aromatic nitrogens is 4. The summed E-state index contributed by atoms with van der Waals surface area (Å²) in [6.45, 7) is 0. The van der Waals surface area contributed by atoms with Gasteiger partial charge in [-0.15, -0.1) is 11.3 Å². The largest absolute Gasteiger partial charge is 0.455 e. The second-order valence-electron chi connectivity index (χ2n) is 14.3. The maximum atomic E-state index is 6.80. The zero-order valence-electron chi connectivity index (χ0n) is 30.4. The summed E-state index contributed by atoms with van der Waals surface area (Å²) >= 11 is 1.88. The van der Waals surface area contributed by atoms with Crippen molar-refractivity contribution in [1.82, 2.24) is 19.5 Å². The first kappa shape index (κ1) is 31.9. The molecule has 12 aromatic rings. The summed E-state index contributed by atoms with van der Waals surface area (Å²) in [6.07, 6.45) is 0. The van der Waals surface area contributed by atoms with E-state index < -0.39 is 0 Å². The number of benzene rings is 8. The molecule has 0 N–H and O–H groups in total. The Morgan fingerprint density at radius 1 is 0.421 bits per heavy atom. The molecule has 0 aliphatic rings. The van der Waals surface area contributed by atoms with Crippen LogP contribution in [0.3, 0.4) is 0 Å². The van der Waals surface area contributed by atoms with E-state index in [1.54, 1.807) is 0 Å². The highest BCUT2D eigenvalue weighted by molar-refractivity contribution is 7.26. The summed E-state index contributed by atoms with van der Waals surface area (Å²) in [5, 5.41) is 7.17. The van der Waals surface area contributed by atoms with Crippen LogP contribution in [0.2, 0.25) is 0 Å². The summed E-state index contributed by atoms with van der Waals surface area (Å²) in [4.78, 5) is 15.0. The molecule has 12 rings (SSSR count). The number of fused-ring (bicyclic) bond motifs is 10. The van der Waals surface area contributed by atoms with E-state index in [9.17, 15) is 0 Å². The molecule has 4 aromatic heterocycles. The van der Waals surface area contributed by atoms with Crippen LogP contribution in [-0.2, 0) is 0 Å². The average molecular weight is 747 g/mol. The molecule has 8 aromatic carbocycles. The topological polar surface area (TPSA) is 56.7 Å². The molecule has 0 saturated heterocycles. The zero-order chi connectivity index (χ0) is 37.5. The highest BCUT2D eigenvalue weighted by Gasteiger charge is 2.22. The van der Waals surface area contributed by atoms with Crippen molar-refractivity contribution in [1.29, 1.82) is 0 Å². The number of furan rings is 1. The van der Waals surface area contributed by atoms with E-state index in [2.05, 4.69) is 120 Å². The summed E-state index contributed by atoms with van der Waals surface area (Å²) in [5.74, 6) is 1.80. The average Bonchev–Trinajstić information content (AvgIpc) is 3.96. The lowest BCUT2D eigenvalue weighted by molar-refractivity contribution is 0.669. The monoisotopic (exact) mass is 746 g/mol. The number of nitrogens with zero attached hydrogens (tertiary/aromatic N) is 4. The van der Waals surface area contributed by atoms with Crippen molar-refractivity contribution in [3.63, 3.8) is 0 Å². The summed E-state index contributed by atoms with van der Waals surface area (Å²) in [5.41, 5.74) is 9.99. The predicted octanol–water partition coefficient (Wildman–Crippen LogP) is 13.9. The Morgan fingerprint density at radius 2 is 1.05 bits per heavy atom. The first-order chi connectivity index (χ1) is 28.3. The third kappa shape index (κ3) is 4.98. The van der Waals surface area contributed by atoms with Gasteiger partial charge in [-0.2, -0.15) is 0 Å². The van der Waals surface area contributed by atoms with Crippen LogP contribution in [0.4, 0.5) is 0 Å². The number of hydrogen-bond donors (Lipinski definition) is 0. The second-order valence-corrected chi connectivity index (χ2v) is 15.4. The molecule has 0 radical (unpaired) electrons. The molecule has 0 fully saturated rings. The lowest BCUT2D eigenvalue weighted by Gasteiger charge is -2.09. The van der Waals surface area contributed by atoms with E-state index in [1.165, 1.54) is 42.0 Å². The van der Waals surface area contributed by atoms with Crippen molar-refractivity contribution in [2.24, 2.45) is 0 Å². The highest BCUT2D eigenvalue weighted by Crippen LogP contribution is 2.46. The minimum Gasteiger partial charge on any atom is -0.455 e. The quantitative estimate of drug-likeness (QED) is 0.176. The lowest BCUT2D eigenvalue weighted by atomic mass is 9.97. The summed E-state index contributed by atoms with van der Waals surface area (Å²) < 4.78 is 11.8. The smallest absolute Gasteiger partial charge is 0.167 e. The number of hydrogen-bond acceptors (Lipinski definition) is 5. The zero-order valence-corrected chi connectivity index (χ0v) is 31.2. The van der Waals surface area contributed by atoms with Gasteiger partial charge >= 0.3 is 0 Å². The fourth-order valence-electron chi connectivity index (χ4n) is 8.50. The maximum absolute atomic E-state index is 6.80. The Balaban J connectivity index is 1.09. The Kier molecular flexibility index (Phi) is 7.03. The molecule has 0 unspecified atom stereocenters. The maximum Gasteiger partial charge on any atom is 0.167 e. The van der Waals surface area contributed by atoms with Crippen molar-refractivity contribution in [2.75, 3.05) is 0 Å². The third-order valence-electron chi connectivity index (χ3n) is 11.1. The van der Waals surface area contributed by atoms with Gasteiger partial charge in [0.25, 0.3) is 0 Å². The van der Waals surface area contributed by atoms with E-state index in [0.29, 0.717) is 17.5 Å². The molecular weight excluding hydrogens is 717 g/mol. The van der Waals surface area contributed by atoms with E-state index >= 15 is 0 Å². The van der Waals surface area contributed by atoms with E-state index in [4.69, 9.17) is 19.4 Å². The van der Waals surface area contributed by atoms with Crippen LogP contribution < -0.4 is 0 Å². The molecule has 0 aliphatic heterocycles. The van der Waals surface area contributed by atoms with Crippen molar-refractivity contribution < 1.29 is 4.42 Å². The standard InChI is InChI=1S/C51H30N4OS/c1-4-14-31(15-5-1)49-52-50(32-16-6-2-7-17-32)54-51(53-49)39-23-12-22-38-45-35(21-13-24-43(45)56-47(38)39)33-26-28-41-40(30-33)46-42(55(41)34-18-8-3-9-19-34)29-27-37-36-20-10-11-25-44(36)57-48(37)46/h1-30H. The second kappa shape index (κ2) is 12.6. The molecule has 0 atom stereocenters. The number of para-hydroxylation sites is 2. The van der Waals surface area contributed by atoms with Crippen LogP contribution in [0.25, 0.3) is 115 Å². The van der Waals surface area contributed by atoms with Gasteiger partial charge < -0.3 is 8.98 Å². The van der Waals surface area contributed by atoms with Gasteiger partial charge in [-0.25, -0.2) is 15.0 Å². The predicted molar refractivity (Wildman–Crippen MR) is 236 cm³/mol. The molecule has 57 heavy (non-hydrogen) atoms. The summed E-state index contributed by atoms with van der Waals surface area (Å²) in [6, 6.07) is 63.7. The first-order valence-electron chi connectivity index (χ1n) is 19.0. The van der Waals surface area contributed by atoms with Crippen molar-refractivity contribution in [3.8, 4) is 51.0 Å². The molecule has 0 aliphatic carbocycles. The fourth-order valence-corrected chi connectivity index (χ4v) is 9.76. The van der Waals surface area contributed by atoms with Crippen LogP contribution in [0.15, 0.2) is 186 Å². The summed E-state index contributed by atoms with van der Waals surface area (Å²) in [7, 11) is 0. The van der Waals surface area contributed by atoms with Crippen molar-refractivity contribution in [2.45, 2.75) is 0 Å². The van der Waals surface area contributed by atoms with E-state index in [1.807, 2.05) is 78.1 Å². The number of thiophene rings is 1. The van der Waals surface area contributed by atoms with Gasteiger partial charge in [0.1, 0.15) is 11.2 Å². The molecule has 6 heteroatoms. The molecule has 4 heterocycles. The van der Waals surface area contributed by atoms with Gasteiger partial charge in [0.2, 0.25) is 0 Å². The lowest BCUT2D eigenvalue weighted by Crippen LogP contribution is -2.00. The number of rotatable bonds is 5. The Labute approximate surface area is 330 Å². The molecule has 0 saturated carbocycles. The molecule has 0 spiro atoms. The van der Waals surface area contributed by atoms with Gasteiger partial charge in [-0.1, -0.05) is 133 Å². The van der Waals surface area contributed by atoms with Gasteiger partial charge in [-0.3, -0.25) is 0 Å². The van der Waals surface area contributed by atoms with Crippen LogP contribution in [0.5, 0.6) is 0 Å². The van der Waals surface area contributed by atoms with Crippen LogP contribution in [0, 0.1) is 0 Å². The minimum absolute atomic E-state index is 0.566. The Morgan fingerprint density at radius 3 is 1.82 bits per heavy atom. The molecule has 0 bridgehead atoms. The SMILES string of the molecule is c1ccc(-c2nc(-c3ccccc3)nc(-c3cccc4c3oc3cccc(-c5ccc6c(c5)c5c7sc8ccccc8c7ccc5n6-c5ccccc5)c34)n2)cc1. The van der Waals surface area contributed by atoms with Crippen LogP contribution in [-0.4, -0.2) is 19.5 Å². The van der Waals surface area contributed by atoms with Gasteiger partial charge in [0, 0.05) is 58.5 Å². The Hall–Kier alpha value is -7.41. The molecular formula is C51H30N4OS. The van der Waals surface area contributed by atoms with Crippen LogP contribution in [0.1, 0.15) is 0 Å². The molecule has 0 amide bonds. The first-order valence-corrected chi connectivity index (χ1v) is 19.8. The van der Waals surface area contributed by atoms with Gasteiger partial charge in [0.05, 0.1) is 16.6 Å². The highest BCUT2D eigenvalue weighted by atomic mass is 32.1.